The van der Waals surface area contributed by atoms with Gasteiger partial charge in [-0.1, -0.05) is 6.07 Å². The second-order valence-electron chi connectivity index (χ2n) is 8.76. The molecule has 2 aliphatic rings. The van der Waals surface area contributed by atoms with E-state index in [4.69, 9.17) is 15.2 Å². The first-order valence-corrected chi connectivity index (χ1v) is 11.2. The maximum absolute atomic E-state index is 12.8. The Morgan fingerprint density at radius 3 is 2.58 bits per heavy atom. The molecule has 0 radical (unpaired) electrons. The van der Waals surface area contributed by atoms with Gasteiger partial charge < -0.3 is 25.4 Å². The average Bonchev–Trinajstić information content (AvgIpc) is 2.73. The van der Waals surface area contributed by atoms with Gasteiger partial charge in [0.2, 0.25) is 5.91 Å². The Labute approximate surface area is 185 Å². The molecule has 0 bridgehead atoms. The van der Waals surface area contributed by atoms with E-state index < -0.39 is 6.09 Å². The summed E-state index contributed by atoms with van der Waals surface area (Å²) in [6.45, 7) is 10.3. The predicted molar refractivity (Wildman–Crippen MR) is 122 cm³/mol. The van der Waals surface area contributed by atoms with Crippen molar-refractivity contribution in [3.63, 3.8) is 0 Å². The van der Waals surface area contributed by atoms with Gasteiger partial charge in [-0.25, -0.2) is 4.79 Å². The smallest absolute Gasteiger partial charge is 0.414 e. The van der Waals surface area contributed by atoms with Gasteiger partial charge in [-0.2, -0.15) is 0 Å². The van der Waals surface area contributed by atoms with Crippen molar-refractivity contribution < 1.29 is 19.1 Å². The topological polar surface area (TPSA) is 97.1 Å². The van der Waals surface area contributed by atoms with Gasteiger partial charge in [0, 0.05) is 51.7 Å². The highest BCUT2D eigenvalue weighted by atomic mass is 16.6. The molecule has 8 heteroatoms. The first kappa shape index (κ1) is 23.5. The molecule has 1 fully saturated rings. The summed E-state index contributed by atoms with van der Waals surface area (Å²) in [6.07, 6.45) is 1.39. The van der Waals surface area contributed by atoms with Crippen LogP contribution in [0.4, 0.5) is 16.2 Å². The number of ether oxygens (including phenoxy) is 2. The molecule has 1 aromatic carbocycles. The van der Waals surface area contributed by atoms with Crippen molar-refractivity contribution in [2.45, 2.75) is 64.6 Å². The Kier molecular flexibility index (Phi) is 7.91. The van der Waals surface area contributed by atoms with E-state index in [9.17, 15) is 9.59 Å². The van der Waals surface area contributed by atoms with Crippen LogP contribution < -0.4 is 20.9 Å². The van der Waals surface area contributed by atoms with Crippen molar-refractivity contribution in [3.05, 3.63) is 23.8 Å². The zero-order valence-electron chi connectivity index (χ0n) is 19.1. The van der Waals surface area contributed by atoms with E-state index in [2.05, 4.69) is 5.32 Å². The van der Waals surface area contributed by atoms with Crippen LogP contribution in [0, 0.1) is 0 Å². The zero-order valence-corrected chi connectivity index (χ0v) is 19.1. The van der Waals surface area contributed by atoms with Crippen molar-refractivity contribution in [2.24, 2.45) is 5.73 Å². The molecule has 1 saturated heterocycles. The Morgan fingerprint density at radius 2 is 1.97 bits per heavy atom. The highest BCUT2D eigenvalue weighted by Crippen LogP contribution is 2.38. The Hall–Kier alpha value is -2.16. The summed E-state index contributed by atoms with van der Waals surface area (Å²) < 4.78 is 10.9. The van der Waals surface area contributed by atoms with Crippen LogP contribution in [-0.2, 0) is 14.3 Å². The van der Waals surface area contributed by atoms with Crippen LogP contribution in [0.15, 0.2) is 18.2 Å². The molecule has 2 heterocycles. The van der Waals surface area contributed by atoms with Crippen molar-refractivity contribution >= 4 is 23.4 Å². The maximum atomic E-state index is 12.8. The van der Waals surface area contributed by atoms with Crippen molar-refractivity contribution in [2.75, 3.05) is 42.6 Å². The van der Waals surface area contributed by atoms with Gasteiger partial charge in [0.15, 0.2) is 0 Å². The Morgan fingerprint density at radius 1 is 1.26 bits per heavy atom. The molecule has 172 valence electrons. The van der Waals surface area contributed by atoms with Gasteiger partial charge in [0.1, 0.15) is 0 Å². The number of nitrogens with two attached hydrogens (primary N) is 1. The number of hydrogen-bond donors (Lipinski definition) is 2. The fourth-order valence-corrected chi connectivity index (χ4v) is 4.36. The molecule has 0 aromatic heterocycles. The second kappa shape index (κ2) is 10.4. The number of carbonyl (C=O) groups excluding carboxylic acids is 2. The van der Waals surface area contributed by atoms with E-state index >= 15 is 0 Å². The molecule has 1 aromatic rings. The zero-order chi connectivity index (χ0) is 22.5. The number of rotatable bonds is 6. The van der Waals surface area contributed by atoms with Crippen molar-refractivity contribution in [3.8, 4) is 0 Å². The number of fused-ring (bicyclic) bond motifs is 1. The molecule has 2 atom stereocenters. The number of hydrogen-bond acceptors (Lipinski definition) is 6. The van der Waals surface area contributed by atoms with Crippen LogP contribution in [0.3, 0.4) is 0 Å². The summed E-state index contributed by atoms with van der Waals surface area (Å²) in [6, 6.07) is 6.22. The lowest BCUT2D eigenvalue weighted by Crippen LogP contribution is -2.51. The fraction of sp³-hybridized carbons (Fsp3) is 0.652. The van der Waals surface area contributed by atoms with Crippen LogP contribution in [0.5, 0.6) is 0 Å². The molecule has 1 unspecified atom stereocenters. The molecule has 3 rings (SSSR count). The van der Waals surface area contributed by atoms with E-state index in [0.717, 1.165) is 43.9 Å². The van der Waals surface area contributed by atoms with Crippen molar-refractivity contribution in [1.82, 2.24) is 5.32 Å². The van der Waals surface area contributed by atoms with Gasteiger partial charge in [0.25, 0.3) is 0 Å². The van der Waals surface area contributed by atoms with Crippen LogP contribution >= 0.6 is 0 Å². The Balaban J connectivity index is 1.88. The molecular formula is C23H36N4O4. The van der Waals surface area contributed by atoms with E-state index in [1.54, 1.807) is 16.7 Å². The number of anilines is 2. The Bertz CT molecular complexity index is 779. The molecule has 2 amide bonds. The predicted octanol–water partition coefficient (Wildman–Crippen LogP) is 2.60. The number of amides is 2. The summed E-state index contributed by atoms with van der Waals surface area (Å²) in [5, 5.41) is 3.62. The minimum Gasteiger partial charge on any atom is -0.446 e. The van der Waals surface area contributed by atoms with E-state index in [-0.39, 0.29) is 24.0 Å². The molecule has 0 saturated carbocycles. The second-order valence-corrected chi connectivity index (χ2v) is 8.76. The number of carbonyl (C=O) groups is 2. The van der Waals surface area contributed by atoms with Gasteiger partial charge >= 0.3 is 6.09 Å². The lowest BCUT2D eigenvalue weighted by Gasteiger charge is -2.40. The van der Waals surface area contributed by atoms with E-state index in [1.807, 2.05) is 39.0 Å². The highest BCUT2D eigenvalue weighted by Gasteiger charge is 2.35. The largest absolute Gasteiger partial charge is 0.446 e. The summed E-state index contributed by atoms with van der Waals surface area (Å²) in [4.78, 5) is 28.5. The first-order valence-electron chi connectivity index (χ1n) is 11.2. The third-order valence-electron chi connectivity index (χ3n) is 5.96. The average molecular weight is 433 g/mol. The third kappa shape index (κ3) is 5.56. The minimum absolute atomic E-state index is 0.0464. The number of nitrogens with one attached hydrogen (secondary N) is 1. The van der Waals surface area contributed by atoms with Crippen LogP contribution in [0.1, 0.15) is 52.0 Å². The summed E-state index contributed by atoms with van der Waals surface area (Å²) in [5.41, 5.74) is 8.58. The van der Waals surface area contributed by atoms with Gasteiger partial charge in [-0.3, -0.25) is 9.69 Å². The van der Waals surface area contributed by atoms with Crippen LogP contribution in [-0.4, -0.2) is 63.0 Å². The lowest BCUT2D eigenvalue weighted by molar-refractivity contribution is -0.117. The molecule has 2 aliphatic heterocycles. The van der Waals surface area contributed by atoms with Crippen LogP contribution in [0.2, 0.25) is 0 Å². The summed E-state index contributed by atoms with van der Waals surface area (Å²) >= 11 is 0. The van der Waals surface area contributed by atoms with E-state index in [0.29, 0.717) is 24.8 Å². The third-order valence-corrected chi connectivity index (χ3v) is 5.96. The SMILES string of the molecule is CC(=O)N1c2ccc(C(CN)CNC3CCOCC3)cc2N(C(=O)OC(C)C)C[C@@H]1C. The molecule has 31 heavy (non-hydrogen) atoms. The summed E-state index contributed by atoms with van der Waals surface area (Å²) in [5.74, 6) is 0.0520. The van der Waals surface area contributed by atoms with Gasteiger partial charge in [0.05, 0.1) is 23.5 Å². The monoisotopic (exact) mass is 432 g/mol. The fourth-order valence-electron chi connectivity index (χ4n) is 4.36. The molecule has 8 nitrogen and oxygen atoms in total. The van der Waals surface area contributed by atoms with Crippen molar-refractivity contribution in [1.29, 1.82) is 0 Å². The normalized spacial score (nSPS) is 20.5. The maximum Gasteiger partial charge on any atom is 0.414 e. The number of nitrogens with zero attached hydrogens (tertiary/aromatic N) is 2. The first-order chi connectivity index (χ1) is 14.8. The molecular weight excluding hydrogens is 396 g/mol. The summed E-state index contributed by atoms with van der Waals surface area (Å²) in [7, 11) is 0. The lowest BCUT2D eigenvalue weighted by atomic mass is 9.95. The molecule has 3 N–H and O–H groups in total. The highest BCUT2D eigenvalue weighted by molar-refractivity contribution is 6.02. The quantitative estimate of drug-likeness (QED) is 0.717. The molecule has 0 spiro atoms. The van der Waals surface area contributed by atoms with Gasteiger partial charge in [-0.05, 0) is 51.3 Å². The minimum atomic E-state index is -0.395. The molecule has 0 aliphatic carbocycles. The van der Waals surface area contributed by atoms with Crippen LogP contribution in [0.25, 0.3) is 0 Å². The standard InChI is InChI=1S/C23H36N4O4/c1-15(2)31-23(29)26-14-16(3)27(17(4)28)21-6-5-18(11-22(21)26)19(12-24)13-25-20-7-9-30-10-8-20/h5-6,11,15-16,19-20,25H,7-10,12-14,24H2,1-4H3/t16-,19?/m0/s1. The van der Waals surface area contributed by atoms with E-state index in [1.165, 1.54) is 0 Å². The van der Waals surface area contributed by atoms with Gasteiger partial charge in [-0.15, -0.1) is 0 Å². The number of benzene rings is 1.